The molecule has 1 heterocycles. The van der Waals surface area contributed by atoms with Crippen molar-refractivity contribution in [1.29, 1.82) is 0 Å². The van der Waals surface area contributed by atoms with Crippen LogP contribution in [0.1, 0.15) is 36.1 Å². The van der Waals surface area contributed by atoms with Crippen LogP contribution in [0.15, 0.2) is 146 Å². The van der Waals surface area contributed by atoms with Crippen molar-refractivity contribution >= 4 is 11.9 Å². The van der Waals surface area contributed by atoms with Crippen LogP contribution in [0.25, 0.3) is 0 Å². The van der Waals surface area contributed by atoms with E-state index in [1.807, 2.05) is 121 Å². The Bertz CT molecular complexity index is 1350. The van der Waals surface area contributed by atoms with Crippen LogP contribution in [0.2, 0.25) is 0 Å². The van der Waals surface area contributed by atoms with E-state index in [-0.39, 0.29) is 11.1 Å². The number of ether oxygens (including phenoxy) is 3. The molecular weight excluding hydrogens is 512 g/mol. The second-order valence-electron chi connectivity index (χ2n) is 10.2. The van der Waals surface area contributed by atoms with Crippen LogP contribution in [0.4, 0.5) is 0 Å². The Kier molecular flexibility index (Phi) is 7.73. The second-order valence-corrected chi connectivity index (χ2v) is 10.2. The maximum Gasteiger partial charge on any atom is 0.333 e. The molecule has 0 bridgehead atoms. The molecular formula is C36H32O5. The predicted molar refractivity (Wildman–Crippen MR) is 158 cm³/mol. The van der Waals surface area contributed by atoms with Gasteiger partial charge in [0.2, 0.25) is 0 Å². The highest BCUT2D eigenvalue weighted by atomic mass is 16.7. The third-order valence-corrected chi connectivity index (χ3v) is 7.37. The standard InChI is InChI=1S/C36H32O5/c1-25(2)33(37)39-31-32(40-34(38)26(3)4)36(29-21-13-7-14-22-29,30-23-15-8-16-24-30)41-35(31,27-17-9-5-10-18-27)28-19-11-6-12-20-28/h5-24,31-32H,1,3H2,2,4H3/t31-,32-/m1/s1. The summed E-state index contributed by atoms with van der Waals surface area (Å²) in [6.45, 7) is 10.8. The minimum absolute atomic E-state index is 0.210. The Labute approximate surface area is 240 Å². The zero-order valence-electron chi connectivity index (χ0n) is 23.2. The summed E-state index contributed by atoms with van der Waals surface area (Å²) in [4.78, 5) is 26.7. The first kappa shape index (κ1) is 27.8. The third-order valence-electron chi connectivity index (χ3n) is 7.37. The summed E-state index contributed by atoms with van der Waals surface area (Å²) >= 11 is 0. The Morgan fingerprint density at radius 2 is 0.780 bits per heavy atom. The van der Waals surface area contributed by atoms with Crippen molar-refractivity contribution in [2.75, 3.05) is 0 Å². The van der Waals surface area contributed by atoms with Crippen molar-refractivity contribution in [3.8, 4) is 0 Å². The molecule has 1 fully saturated rings. The lowest BCUT2D eigenvalue weighted by molar-refractivity contribution is -0.165. The maximum atomic E-state index is 13.4. The quantitative estimate of drug-likeness (QED) is 0.179. The lowest BCUT2D eigenvalue weighted by atomic mass is 9.76. The van der Waals surface area contributed by atoms with Crippen molar-refractivity contribution in [3.05, 3.63) is 168 Å². The zero-order valence-corrected chi connectivity index (χ0v) is 23.2. The van der Waals surface area contributed by atoms with E-state index in [0.717, 1.165) is 22.3 Å². The van der Waals surface area contributed by atoms with E-state index in [2.05, 4.69) is 13.2 Å². The highest BCUT2D eigenvalue weighted by Crippen LogP contribution is 2.58. The van der Waals surface area contributed by atoms with Gasteiger partial charge in [-0.1, -0.05) is 134 Å². The molecule has 1 saturated heterocycles. The molecule has 0 saturated carbocycles. The minimum Gasteiger partial charge on any atom is -0.451 e. The number of hydrogen-bond acceptors (Lipinski definition) is 5. The molecule has 0 unspecified atom stereocenters. The molecule has 41 heavy (non-hydrogen) atoms. The Hall–Kier alpha value is -4.74. The molecule has 4 aromatic carbocycles. The van der Waals surface area contributed by atoms with Gasteiger partial charge in [-0.15, -0.1) is 0 Å². The van der Waals surface area contributed by atoms with Crippen molar-refractivity contribution in [1.82, 2.24) is 0 Å². The highest BCUT2D eigenvalue weighted by molar-refractivity contribution is 5.88. The first-order valence-corrected chi connectivity index (χ1v) is 13.5. The van der Waals surface area contributed by atoms with Gasteiger partial charge in [0.15, 0.2) is 23.4 Å². The second kappa shape index (κ2) is 11.4. The van der Waals surface area contributed by atoms with E-state index in [1.54, 1.807) is 13.8 Å². The van der Waals surface area contributed by atoms with Gasteiger partial charge in [-0.05, 0) is 36.1 Å². The van der Waals surface area contributed by atoms with Crippen LogP contribution >= 0.6 is 0 Å². The molecule has 0 radical (unpaired) electrons. The van der Waals surface area contributed by atoms with E-state index >= 15 is 0 Å². The molecule has 5 heteroatoms. The maximum absolute atomic E-state index is 13.4. The fourth-order valence-electron chi connectivity index (χ4n) is 5.49. The Morgan fingerprint density at radius 1 is 0.537 bits per heavy atom. The van der Waals surface area contributed by atoms with Gasteiger partial charge in [-0.3, -0.25) is 0 Å². The fraction of sp³-hybridized carbons (Fsp3) is 0.167. The summed E-state index contributed by atoms with van der Waals surface area (Å²) in [5, 5.41) is 0. The summed E-state index contributed by atoms with van der Waals surface area (Å²) in [7, 11) is 0. The smallest absolute Gasteiger partial charge is 0.333 e. The van der Waals surface area contributed by atoms with Crippen molar-refractivity contribution in [2.24, 2.45) is 0 Å². The largest absolute Gasteiger partial charge is 0.451 e. The summed E-state index contributed by atoms with van der Waals surface area (Å²) in [6, 6.07) is 38.3. The third kappa shape index (κ3) is 4.90. The van der Waals surface area contributed by atoms with Gasteiger partial charge in [0, 0.05) is 11.1 Å². The number of carbonyl (C=O) groups is 2. The molecule has 0 aliphatic carbocycles. The molecule has 5 rings (SSSR count). The number of carbonyl (C=O) groups excluding carboxylic acids is 2. The molecule has 5 nitrogen and oxygen atoms in total. The van der Waals surface area contributed by atoms with Crippen LogP contribution in [0.5, 0.6) is 0 Å². The van der Waals surface area contributed by atoms with E-state index in [9.17, 15) is 9.59 Å². The molecule has 4 aromatic rings. The average molecular weight is 545 g/mol. The minimum atomic E-state index is -1.39. The summed E-state index contributed by atoms with van der Waals surface area (Å²) in [5.74, 6) is -1.24. The van der Waals surface area contributed by atoms with Crippen molar-refractivity contribution < 1.29 is 23.8 Å². The summed E-state index contributed by atoms with van der Waals surface area (Å²) in [6.07, 6.45) is -2.25. The number of rotatable bonds is 8. The molecule has 1 aliphatic heterocycles. The molecule has 0 amide bonds. The Morgan fingerprint density at radius 3 is 1.00 bits per heavy atom. The van der Waals surface area contributed by atoms with Crippen LogP contribution < -0.4 is 0 Å². The lowest BCUT2D eigenvalue weighted by Gasteiger charge is -2.37. The fourth-order valence-corrected chi connectivity index (χ4v) is 5.49. The van der Waals surface area contributed by atoms with E-state index in [0.29, 0.717) is 0 Å². The van der Waals surface area contributed by atoms with Crippen molar-refractivity contribution in [3.63, 3.8) is 0 Å². The normalized spacial score (nSPS) is 18.7. The number of benzene rings is 4. The topological polar surface area (TPSA) is 61.8 Å². The highest BCUT2D eigenvalue weighted by Gasteiger charge is 2.69. The molecule has 1 aliphatic rings. The van der Waals surface area contributed by atoms with Gasteiger partial charge >= 0.3 is 11.9 Å². The van der Waals surface area contributed by atoms with E-state index in [4.69, 9.17) is 14.2 Å². The SMILES string of the molecule is C=C(C)C(=O)O[C@@H]1[C@@H](OC(=O)C(=C)C)C(c2ccccc2)(c2ccccc2)OC1(c1ccccc1)c1ccccc1. The first-order valence-electron chi connectivity index (χ1n) is 13.5. The zero-order chi connectivity index (χ0) is 29.0. The van der Waals surface area contributed by atoms with Gasteiger partial charge in [0.25, 0.3) is 0 Å². The summed E-state index contributed by atoms with van der Waals surface area (Å²) in [5.41, 5.74) is 0.570. The number of hydrogen-bond donors (Lipinski definition) is 0. The van der Waals surface area contributed by atoms with Crippen molar-refractivity contribution in [2.45, 2.75) is 37.3 Å². The molecule has 0 aromatic heterocycles. The van der Waals surface area contributed by atoms with E-state index < -0.39 is 35.3 Å². The molecule has 206 valence electrons. The van der Waals surface area contributed by atoms with Crippen LogP contribution in [-0.2, 0) is 35.0 Å². The van der Waals surface area contributed by atoms with Gasteiger partial charge in [-0.25, -0.2) is 9.59 Å². The van der Waals surface area contributed by atoms with Gasteiger partial charge in [0.1, 0.15) is 0 Å². The molecule has 0 N–H and O–H groups in total. The monoisotopic (exact) mass is 544 g/mol. The lowest BCUT2D eigenvalue weighted by Crippen LogP contribution is -2.48. The van der Waals surface area contributed by atoms with Gasteiger partial charge < -0.3 is 14.2 Å². The molecule has 2 atom stereocenters. The predicted octanol–water partition coefficient (Wildman–Crippen LogP) is 6.88. The van der Waals surface area contributed by atoms with Gasteiger partial charge in [-0.2, -0.15) is 0 Å². The summed E-state index contributed by atoms with van der Waals surface area (Å²) < 4.78 is 20.1. The average Bonchev–Trinajstić information content (AvgIpc) is 3.30. The van der Waals surface area contributed by atoms with E-state index in [1.165, 1.54) is 0 Å². The Balaban J connectivity index is 1.92. The van der Waals surface area contributed by atoms with Crippen LogP contribution in [0, 0.1) is 0 Å². The van der Waals surface area contributed by atoms with Gasteiger partial charge in [0.05, 0.1) is 0 Å². The number of esters is 2. The first-order chi connectivity index (χ1) is 19.8. The van der Waals surface area contributed by atoms with Crippen LogP contribution in [0.3, 0.4) is 0 Å². The molecule has 0 spiro atoms. The van der Waals surface area contributed by atoms with Crippen LogP contribution in [-0.4, -0.2) is 24.1 Å².